The predicted octanol–water partition coefficient (Wildman–Crippen LogP) is 7.92. The van der Waals surface area contributed by atoms with Crippen LogP contribution < -0.4 is 0 Å². The molecule has 2 heteroatoms. The Kier molecular flexibility index (Phi) is 8.65. The molecule has 0 aliphatic rings. The summed E-state index contributed by atoms with van der Waals surface area (Å²) in [6.07, 6.45) is 3.86. The van der Waals surface area contributed by atoms with Crippen LogP contribution in [0, 0.1) is 0 Å². The molecule has 0 saturated carbocycles. The second kappa shape index (κ2) is 9.97. The molecule has 0 aliphatic carbocycles. The summed E-state index contributed by atoms with van der Waals surface area (Å²) in [6.45, 7) is 17.7. The maximum absolute atomic E-state index is 5.97. The first-order chi connectivity index (χ1) is 11.6. The molecule has 1 aromatic heterocycles. The molecule has 25 heavy (non-hydrogen) atoms. The molecule has 1 nitrogen and oxygen atoms in total. The number of nitrogens with zero attached hydrogens (tertiary/aromatic N) is 1. The van der Waals surface area contributed by atoms with Crippen molar-refractivity contribution in [2.45, 2.75) is 79.1 Å². The molecular weight excluding hydrogens is 326 g/mol. The van der Waals surface area contributed by atoms with Gasteiger partial charge in [0.15, 0.2) is 0 Å². The van der Waals surface area contributed by atoms with Gasteiger partial charge in [-0.15, -0.1) is 0 Å². The van der Waals surface area contributed by atoms with Crippen LogP contribution in [0.15, 0.2) is 36.7 Å². The van der Waals surface area contributed by atoms with E-state index in [-0.39, 0.29) is 0 Å². The maximum Gasteiger partial charge on any atom is 0.0409 e. The fourth-order valence-corrected chi connectivity index (χ4v) is 3.18. The average Bonchev–Trinajstić information content (AvgIpc) is 2.54. The minimum atomic E-state index is 0.552. The first kappa shape index (κ1) is 21.7. The Morgan fingerprint density at radius 1 is 0.640 bits per heavy atom. The maximum atomic E-state index is 5.97. The van der Waals surface area contributed by atoms with Gasteiger partial charge in [-0.2, -0.15) is 0 Å². The Bertz CT molecular complexity index is 630. The smallest absolute Gasteiger partial charge is 0.0409 e. The SMILES string of the molecule is CC(C)c1ccc(Cl)cc1C(C)C.CC(C)c1ccncc1C(C)C. The minimum absolute atomic E-state index is 0.552. The van der Waals surface area contributed by atoms with Crippen LogP contribution in [0.4, 0.5) is 0 Å². The number of benzene rings is 1. The van der Waals surface area contributed by atoms with Crippen LogP contribution in [0.25, 0.3) is 0 Å². The topological polar surface area (TPSA) is 12.9 Å². The lowest BCUT2D eigenvalue weighted by molar-refractivity contribution is 0.783. The Morgan fingerprint density at radius 2 is 1.12 bits per heavy atom. The molecule has 138 valence electrons. The van der Waals surface area contributed by atoms with E-state index >= 15 is 0 Å². The number of aromatic nitrogens is 1. The van der Waals surface area contributed by atoms with Crippen molar-refractivity contribution in [2.24, 2.45) is 0 Å². The average molecular weight is 360 g/mol. The lowest BCUT2D eigenvalue weighted by Gasteiger charge is -2.15. The van der Waals surface area contributed by atoms with Crippen molar-refractivity contribution in [3.8, 4) is 0 Å². The fourth-order valence-electron chi connectivity index (χ4n) is 3.00. The molecule has 1 heterocycles. The van der Waals surface area contributed by atoms with Gasteiger partial charge in [-0.1, -0.05) is 73.1 Å². The van der Waals surface area contributed by atoms with Crippen LogP contribution in [0.3, 0.4) is 0 Å². The molecule has 0 unspecified atom stereocenters. The molecule has 0 N–H and O–H groups in total. The van der Waals surface area contributed by atoms with Gasteiger partial charge >= 0.3 is 0 Å². The molecule has 0 bridgehead atoms. The predicted molar refractivity (Wildman–Crippen MR) is 112 cm³/mol. The zero-order valence-electron chi connectivity index (χ0n) is 17.1. The molecule has 0 spiro atoms. The summed E-state index contributed by atoms with van der Waals surface area (Å²) in [4.78, 5) is 4.15. The van der Waals surface area contributed by atoms with Crippen molar-refractivity contribution in [2.75, 3.05) is 0 Å². The van der Waals surface area contributed by atoms with Crippen LogP contribution in [0.1, 0.15) is 101 Å². The molecular formula is C23H34ClN. The highest BCUT2D eigenvalue weighted by atomic mass is 35.5. The molecule has 2 rings (SSSR count). The summed E-state index contributed by atoms with van der Waals surface area (Å²) in [5, 5.41) is 0.841. The van der Waals surface area contributed by atoms with E-state index in [1.54, 1.807) is 0 Å². The van der Waals surface area contributed by atoms with Crippen molar-refractivity contribution >= 4 is 11.6 Å². The summed E-state index contributed by atoms with van der Waals surface area (Å²) in [5.41, 5.74) is 5.61. The standard InChI is InChI=1S/C12H17Cl.C11H17N/c1-8(2)11-6-5-10(13)7-12(11)9(3)4;1-8(2)10-5-6-12-7-11(10)9(3)4/h5-9H,1-4H3;5-9H,1-4H3. The van der Waals surface area contributed by atoms with Crippen molar-refractivity contribution in [1.29, 1.82) is 0 Å². The van der Waals surface area contributed by atoms with Crippen LogP contribution in [0.5, 0.6) is 0 Å². The van der Waals surface area contributed by atoms with Crippen molar-refractivity contribution in [3.05, 3.63) is 63.9 Å². The van der Waals surface area contributed by atoms with Gasteiger partial charge in [-0.25, -0.2) is 0 Å². The Hall–Kier alpha value is -1.34. The van der Waals surface area contributed by atoms with E-state index in [2.05, 4.69) is 78.6 Å². The molecule has 0 atom stereocenters. The summed E-state index contributed by atoms with van der Waals surface area (Å²) < 4.78 is 0. The molecule has 0 saturated heterocycles. The lowest BCUT2D eigenvalue weighted by atomic mass is 9.91. The van der Waals surface area contributed by atoms with E-state index < -0.39 is 0 Å². The van der Waals surface area contributed by atoms with Gasteiger partial charge in [0.05, 0.1) is 0 Å². The third-order valence-corrected chi connectivity index (χ3v) is 4.66. The summed E-state index contributed by atoms with van der Waals surface area (Å²) >= 11 is 5.97. The largest absolute Gasteiger partial charge is 0.264 e. The normalized spacial score (nSPS) is 11.2. The summed E-state index contributed by atoms with van der Waals surface area (Å²) in [7, 11) is 0. The third kappa shape index (κ3) is 6.47. The van der Waals surface area contributed by atoms with Crippen LogP contribution in [-0.2, 0) is 0 Å². The Morgan fingerprint density at radius 3 is 1.56 bits per heavy atom. The quantitative estimate of drug-likeness (QED) is 0.540. The minimum Gasteiger partial charge on any atom is -0.264 e. The van der Waals surface area contributed by atoms with Gasteiger partial charge in [0.25, 0.3) is 0 Å². The van der Waals surface area contributed by atoms with E-state index in [0.717, 1.165) is 5.02 Å². The van der Waals surface area contributed by atoms with Crippen molar-refractivity contribution in [3.63, 3.8) is 0 Å². The van der Waals surface area contributed by atoms with Gasteiger partial charge in [0.2, 0.25) is 0 Å². The number of halogens is 1. The summed E-state index contributed by atoms with van der Waals surface area (Å²) in [5.74, 6) is 2.31. The Labute approximate surface area is 159 Å². The highest BCUT2D eigenvalue weighted by Crippen LogP contribution is 2.28. The fraction of sp³-hybridized carbons (Fsp3) is 0.522. The number of pyridine rings is 1. The van der Waals surface area contributed by atoms with Crippen LogP contribution >= 0.6 is 11.6 Å². The number of hydrogen-bond acceptors (Lipinski definition) is 1. The molecule has 0 fully saturated rings. The lowest BCUT2D eigenvalue weighted by Crippen LogP contribution is -1.98. The van der Waals surface area contributed by atoms with Gasteiger partial charge in [-0.3, -0.25) is 4.98 Å². The van der Waals surface area contributed by atoms with E-state index in [1.807, 2.05) is 18.5 Å². The second-order valence-electron chi connectivity index (χ2n) is 7.90. The van der Waals surface area contributed by atoms with E-state index in [9.17, 15) is 0 Å². The number of hydrogen-bond donors (Lipinski definition) is 0. The van der Waals surface area contributed by atoms with Gasteiger partial charge in [0, 0.05) is 17.4 Å². The van der Waals surface area contributed by atoms with Crippen molar-refractivity contribution < 1.29 is 0 Å². The molecule has 1 aromatic carbocycles. The first-order valence-electron chi connectivity index (χ1n) is 9.38. The zero-order valence-corrected chi connectivity index (χ0v) is 17.9. The third-order valence-electron chi connectivity index (χ3n) is 4.42. The molecule has 2 aromatic rings. The van der Waals surface area contributed by atoms with Crippen LogP contribution in [-0.4, -0.2) is 4.98 Å². The van der Waals surface area contributed by atoms with E-state index in [1.165, 1.54) is 22.3 Å². The highest BCUT2D eigenvalue weighted by molar-refractivity contribution is 6.30. The van der Waals surface area contributed by atoms with E-state index in [4.69, 9.17) is 11.6 Å². The summed E-state index contributed by atoms with van der Waals surface area (Å²) in [6, 6.07) is 8.33. The zero-order chi connectivity index (χ0) is 19.1. The molecule has 0 aliphatic heterocycles. The first-order valence-corrected chi connectivity index (χ1v) is 9.76. The van der Waals surface area contributed by atoms with Crippen LogP contribution in [0.2, 0.25) is 5.02 Å². The molecule has 0 amide bonds. The van der Waals surface area contributed by atoms with Gasteiger partial charge < -0.3 is 0 Å². The monoisotopic (exact) mass is 359 g/mol. The van der Waals surface area contributed by atoms with Crippen molar-refractivity contribution in [1.82, 2.24) is 4.98 Å². The van der Waals surface area contributed by atoms with Gasteiger partial charge in [0.1, 0.15) is 0 Å². The van der Waals surface area contributed by atoms with E-state index in [0.29, 0.717) is 23.7 Å². The number of rotatable bonds is 4. The van der Waals surface area contributed by atoms with Gasteiger partial charge in [-0.05, 0) is 64.1 Å². The highest BCUT2D eigenvalue weighted by Gasteiger charge is 2.10. The second-order valence-corrected chi connectivity index (χ2v) is 8.33. The molecule has 0 radical (unpaired) electrons. The Balaban J connectivity index is 0.000000251.